The van der Waals surface area contributed by atoms with E-state index in [-0.39, 0.29) is 35.9 Å². The van der Waals surface area contributed by atoms with Crippen LogP contribution in [0.25, 0.3) is 11.5 Å². The number of nitro benzene ring substituents is 1. The summed E-state index contributed by atoms with van der Waals surface area (Å²) in [4.78, 5) is 35.3. The van der Waals surface area contributed by atoms with E-state index in [0.717, 1.165) is 5.56 Å². The van der Waals surface area contributed by atoms with Gasteiger partial charge in [-0.05, 0) is 37.1 Å². The topological polar surface area (TPSA) is 137 Å². The first-order valence-electron chi connectivity index (χ1n) is 9.86. The third-order valence-electron chi connectivity index (χ3n) is 4.65. The van der Waals surface area contributed by atoms with Gasteiger partial charge in [0.25, 0.3) is 17.5 Å². The molecule has 1 amide bonds. The van der Waals surface area contributed by atoms with E-state index in [4.69, 9.17) is 9.15 Å². The quantitative estimate of drug-likeness (QED) is 0.321. The van der Waals surface area contributed by atoms with E-state index in [1.165, 1.54) is 24.3 Å². The van der Waals surface area contributed by atoms with Crippen LogP contribution in [0.3, 0.4) is 0 Å². The minimum Gasteiger partial charge on any atom is -0.454 e. The highest BCUT2D eigenvalue weighted by Gasteiger charge is 2.27. The molecule has 0 spiro atoms. The summed E-state index contributed by atoms with van der Waals surface area (Å²) in [7, 11) is 0. The molecular formula is C22H22N4O6. The molecule has 1 N–H and O–H groups in total. The van der Waals surface area contributed by atoms with E-state index in [9.17, 15) is 19.7 Å². The molecule has 0 fully saturated rings. The number of hydrogen-bond acceptors (Lipinski definition) is 8. The molecule has 0 aliphatic carbocycles. The Bertz CT molecular complexity index is 1110. The van der Waals surface area contributed by atoms with Crippen LogP contribution in [-0.2, 0) is 16.1 Å². The summed E-state index contributed by atoms with van der Waals surface area (Å²) in [6, 6.07) is 11.8. The lowest BCUT2D eigenvalue weighted by atomic mass is 10.0. The molecule has 0 aliphatic heterocycles. The molecule has 1 heterocycles. The molecule has 1 unspecified atom stereocenters. The highest BCUT2D eigenvalue weighted by molar-refractivity contribution is 5.96. The predicted octanol–water partition coefficient (Wildman–Crippen LogP) is 3.45. The molecule has 1 aromatic heterocycles. The number of esters is 1. The lowest BCUT2D eigenvalue weighted by Gasteiger charge is -2.20. The number of nitro groups is 1. The van der Waals surface area contributed by atoms with Gasteiger partial charge in [0.1, 0.15) is 6.04 Å². The Morgan fingerprint density at radius 2 is 1.75 bits per heavy atom. The summed E-state index contributed by atoms with van der Waals surface area (Å²) in [6.07, 6.45) is 0. The average molecular weight is 438 g/mol. The van der Waals surface area contributed by atoms with Crippen molar-refractivity contribution in [2.24, 2.45) is 5.92 Å². The van der Waals surface area contributed by atoms with Crippen molar-refractivity contribution in [2.45, 2.75) is 33.4 Å². The van der Waals surface area contributed by atoms with Crippen molar-refractivity contribution in [1.82, 2.24) is 15.5 Å². The zero-order valence-electron chi connectivity index (χ0n) is 17.8. The van der Waals surface area contributed by atoms with Crippen molar-refractivity contribution in [3.8, 4) is 11.5 Å². The van der Waals surface area contributed by atoms with Crippen LogP contribution in [0.5, 0.6) is 0 Å². The molecule has 0 bridgehead atoms. The zero-order chi connectivity index (χ0) is 23.3. The van der Waals surface area contributed by atoms with Crippen LogP contribution >= 0.6 is 0 Å². The van der Waals surface area contributed by atoms with Gasteiger partial charge in [-0.15, -0.1) is 10.2 Å². The van der Waals surface area contributed by atoms with Crippen LogP contribution in [0.2, 0.25) is 0 Å². The number of amides is 1. The highest BCUT2D eigenvalue weighted by atomic mass is 16.6. The van der Waals surface area contributed by atoms with Gasteiger partial charge >= 0.3 is 5.97 Å². The number of carbonyl (C=O) groups excluding carboxylic acids is 2. The lowest BCUT2D eigenvalue weighted by molar-refractivity contribution is -0.384. The van der Waals surface area contributed by atoms with Gasteiger partial charge in [0.2, 0.25) is 5.89 Å². The van der Waals surface area contributed by atoms with Crippen LogP contribution in [0.4, 0.5) is 5.69 Å². The second kappa shape index (κ2) is 9.82. The van der Waals surface area contributed by atoms with Crippen LogP contribution < -0.4 is 5.32 Å². The van der Waals surface area contributed by atoms with E-state index < -0.39 is 16.9 Å². The lowest BCUT2D eigenvalue weighted by Crippen LogP contribution is -2.45. The molecule has 0 saturated heterocycles. The van der Waals surface area contributed by atoms with Gasteiger partial charge in [0.15, 0.2) is 6.61 Å². The normalized spacial score (nSPS) is 11.8. The van der Waals surface area contributed by atoms with Gasteiger partial charge in [-0.25, -0.2) is 4.79 Å². The molecule has 166 valence electrons. The van der Waals surface area contributed by atoms with Gasteiger partial charge < -0.3 is 14.5 Å². The molecule has 10 heteroatoms. The molecule has 0 saturated carbocycles. The van der Waals surface area contributed by atoms with Gasteiger partial charge in [0.05, 0.1) is 4.92 Å². The van der Waals surface area contributed by atoms with Crippen molar-refractivity contribution in [2.75, 3.05) is 0 Å². The number of aromatic nitrogens is 2. The van der Waals surface area contributed by atoms with E-state index in [2.05, 4.69) is 15.5 Å². The maximum absolute atomic E-state index is 12.6. The number of nitrogens with zero attached hydrogens (tertiary/aromatic N) is 3. The maximum atomic E-state index is 12.6. The fourth-order valence-electron chi connectivity index (χ4n) is 2.80. The van der Waals surface area contributed by atoms with Crippen LogP contribution in [0, 0.1) is 23.0 Å². The van der Waals surface area contributed by atoms with Crippen molar-refractivity contribution >= 4 is 17.6 Å². The smallest absolute Gasteiger partial charge is 0.329 e. The summed E-state index contributed by atoms with van der Waals surface area (Å²) in [5, 5.41) is 21.1. The zero-order valence-corrected chi connectivity index (χ0v) is 17.8. The van der Waals surface area contributed by atoms with Gasteiger partial charge in [-0.1, -0.05) is 31.5 Å². The summed E-state index contributed by atoms with van der Waals surface area (Å²) in [6.45, 7) is 5.23. The van der Waals surface area contributed by atoms with Gasteiger partial charge in [-0.3, -0.25) is 14.9 Å². The standard InChI is InChI=1S/C22H22N4O6/c1-13(2)19(23-20(27)15-6-4-14(3)5-7-15)22(28)31-12-18-24-25-21(32-18)16-8-10-17(11-9-16)26(29)30/h4-11,13,19H,12H2,1-3H3,(H,23,27). The number of aryl methyl sites for hydroxylation is 1. The summed E-state index contributed by atoms with van der Waals surface area (Å²) in [5.74, 6) is -1.03. The molecule has 2 aromatic carbocycles. The minimum atomic E-state index is -0.860. The van der Waals surface area contributed by atoms with Crippen molar-refractivity contribution < 1.29 is 23.7 Å². The highest BCUT2D eigenvalue weighted by Crippen LogP contribution is 2.21. The maximum Gasteiger partial charge on any atom is 0.329 e. The SMILES string of the molecule is Cc1ccc(C(=O)NC(C(=O)OCc2nnc(-c3ccc([N+](=O)[O-])cc3)o2)C(C)C)cc1. The van der Waals surface area contributed by atoms with E-state index in [0.29, 0.717) is 11.1 Å². The Kier molecular flexibility index (Phi) is 6.93. The number of benzene rings is 2. The largest absolute Gasteiger partial charge is 0.454 e. The fourth-order valence-corrected chi connectivity index (χ4v) is 2.80. The Labute approximate surface area is 183 Å². The van der Waals surface area contributed by atoms with E-state index >= 15 is 0 Å². The number of rotatable bonds is 8. The number of ether oxygens (including phenoxy) is 1. The Morgan fingerprint density at radius 1 is 1.09 bits per heavy atom. The molecule has 0 radical (unpaired) electrons. The molecule has 32 heavy (non-hydrogen) atoms. The summed E-state index contributed by atoms with van der Waals surface area (Å²) in [5.41, 5.74) is 1.90. The van der Waals surface area contributed by atoms with E-state index in [1.54, 1.807) is 26.0 Å². The molecule has 10 nitrogen and oxygen atoms in total. The second-order valence-electron chi connectivity index (χ2n) is 7.47. The molecule has 0 aliphatic rings. The minimum absolute atomic E-state index is 0.0547. The number of non-ortho nitro benzene ring substituents is 1. The van der Waals surface area contributed by atoms with Gasteiger partial charge in [-0.2, -0.15) is 0 Å². The van der Waals surface area contributed by atoms with Crippen molar-refractivity contribution in [1.29, 1.82) is 0 Å². The second-order valence-corrected chi connectivity index (χ2v) is 7.47. The molecule has 3 rings (SSSR count). The number of nitrogens with one attached hydrogen (secondary N) is 1. The van der Waals surface area contributed by atoms with E-state index in [1.807, 2.05) is 19.1 Å². The summed E-state index contributed by atoms with van der Waals surface area (Å²) >= 11 is 0. The Morgan fingerprint density at radius 3 is 2.34 bits per heavy atom. The first kappa shape index (κ1) is 22.6. The average Bonchev–Trinajstić information content (AvgIpc) is 3.25. The third kappa shape index (κ3) is 5.54. The number of carbonyl (C=O) groups is 2. The predicted molar refractivity (Wildman–Crippen MR) is 113 cm³/mol. The first-order valence-corrected chi connectivity index (χ1v) is 9.86. The summed E-state index contributed by atoms with van der Waals surface area (Å²) < 4.78 is 10.7. The van der Waals surface area contributed by atoms with Gasteiger partial charge in [0, 0.05) is 23.3 Å². The Balaban J connectivity index is 1.61. The monoisotopic (exact) mass is 438 g/mol. The molecule has 1 atom stereocenters. The molecular weight excluding hydrogens is 416 g/mol. The fraction of sp³-hybridized carbons (Fsp3) is 0.273. The third-order valence-corrected chi connectivity index (χ3v) is 4.65. The Hall–Kier alpha value is -4.08. The van der Waals surface area contributed by atoms with Crippen LogP contribution in [0.1, 0.15) is 35.7 Å². The van der Waals surface area contributed by atoms with Crippen molar-refractivity contribution in [3.05, 3.63) is 75.7 Å². The first-order chi connectivity index (χ1) is 15.2. The van der Waals surface area contributed by atoms with Crippen LogP contribution in [-0.4, -0.2) is 33.0 Å². The van der Waals surface area contributed by atoms with Crippen molar-refractivity contribution in [3.63, 3.8) is 0 Å². The molecule has 3 aromatic rings. The van der Waals surface area contributed by atoms with Crippen LogP contribution in [0.15, 0.2) is 52.9 Å². The number of hydrogen-bond donors (Lipinski definition) is 1.